The molecule has 2 aromatic carbocycles. The average Bonchev–Trinajstić information content (AvgIpc) is 3.25. The molecule has 1 aliphatic heterocycles. The van der Waals surface area contributed by atoms with Crippen LogP contribution in [0.4, 0.5) is 5.69 Å². The number of aromatic nitrogens is 2. The number of nitrogens with one attached hydrogen (secondary N) is 2. The van der Waals surface area contributed by atoms with E-state index in [2.05, 4.69) is 26.3 Å². The Balaban J connectivity index is 1.32. The first-order valence-corrected chi connectivity index (χ1v) is 10.3. The molecule has 0 bridgehead atoms. The Morgan fingerprint density at radius 1 is 1.07 bits per heavy atom. The number of amides is 1. The van der Waals surface area contributed by atoms with E-state index in [9.17, 15) is 9.59 Å². The van der Waals surface area contributed by atoms with E-state index in [1.165, 1.54) is 31.5 Å². The summed E-state index contributed by atoms with van der Waals surface area (Å²) in [6.45, 7) is 3.46. The number of benzene rings is 2. The Morgan fingerprint density at radius 2 is 1.90 bits per heavy atom. The van der Waals surface area contributed by atoms with Crippen LogP contribution in [0.15, 0.2) is 53.3 Å². The third kappa shape index (κ3) is 5.09. The second kappa shape index (κ2) is 9.01. The molecule has 3 aromatic rings. The van der Waals surface area contributed by atoms with Gasteiger partial charge >= 0.3 is 0 Å². The molecule has 1 amide bonds. The lowest BCUT2D eigenvalue weighted by Crippen LogP contribution is -2.22. The molecule has 0 atom stereocenters. The van der Waals surface area contributed by atoms with Crippen molar-refractivity contribution in [3.8, 4) is 0 Å². The first kappa shape index (κ1) is 19.3. The third-order valence-electron chi connectivity index (χ3n) is 5.38. The molecule has 0 saturated carbocycles. The SMILES string of the molecule is O=C(CCc1nc2ccccc2c(=O)[nH]1)Nc1cccc(CCN2CCCC2)c1. The van der Waals surface area contributed by atoms with Gasteiger partial charge in [-0.15, -0.1) is 0 Å². The summed E-state index contributed by atoms with van der Waals surface area (Å²) >= 11 is 0. The van der Waals surface area contributed by atoms with Gasteiger partial charge in [-0.3, -0.25) is 9.59 Å². The molecule has 150 valence electrons. The minimum absolute atomic E-state index is 0.0856. The van der Waals surface area contributed by atoms with Crippen LogP contribution in [0.25, 0.3) is 10.9 Å². The van der Waals surface area contributed by atoms with Crippen molar-refractivity contribution in [1.82, 2.24) is 14.9 Å². The Labute approximate surface area is 170 Å². The van der Waals surface area contributed by atoms with Crippen LogP contribution < -0.4 is 10.9 Å². The molecule has 4 rings (SSSR count). The van der Waals surface area contributed by atoms with Crippen molar-refractivity contribution in [2.45, 2.75) is 32.1 Å². The fraction of sp³-hybridized carbons (Fsp3) is 0.348. The van der Waals surface area contributed by atoms with Crippen molar-refractivity contribution in [3.05, 3.63) is 70.3 Å². The van der Waals surface area contributed by atoms with Crippen LogP contribution in [0.3, 0.4) is 0 Å². The molecule has 29 heavy (non-hydrogen) atoms. The summed E-state index contributed by atoms with van der Waals surface area (Å²) in [6.07, 6.45) is 4.24. The number of aryl methyl sites for hydroxylation is 1. The van der Waals surface area contributed by atoms with E-state index in [1.807, 2.05) is 36.4 Å². The van der Waals surface area contributed by atoms with E-state index in [-0.39, 0.29) is 17.9 Å². The number of para-hydroxylation sites is 1. The number of carbonyl (C=O) groups is 1. The summed E-state index contributed by atoms with van der Waals surface area (Å²) in [7, 11) is 0. The Morgan fingerprint density at radius 3 is 2.76 bits per heavy atom. The number of hydrogen-bond donors (Lipinski definition) is 2. The van der Waals surface area contributed by atoms with Crippen molar-refractivity contribution in [2.75, 3.05) is 25.0 Å². The first-order valence-electron chi connectivity index (χ1n) is 10.3. The predicted octanol–water partition coefficient (Wildman–Crippen LogP) is 3.13. The standard InChI is InChI=1S/C23H26N4O2/c28-22(11-10-21-25-20-9-2-1-8-19(20)23(29)26-21)24-18-7-5-6-17(16-18)12-15-27-13-3-4-14-27/h1-2,5-9,16H,3-4,10-15H2,(H,24,28)(H,25,26,29). The molecule has 0 unspecified atom stereocenters. The number of H-pyrrole nitrogens is 1. The molecular weight excluding hydrogens is 364 g/mol. The highest BCUT2D eigenvalue weighted by Crippen LogP contribution is 2.14. The molecule has 2 N–H and O–H groups in total. The third-order valence-corrected chi connectivity index (χ3v) is 5.38. The van der Waals surface area contributed by atoms with Crippen molar-refractivity contribution < 1.29 is 4.79 Å². The lowest BCUT2D eigenvalue weighted by atomic mass is 10.1. The number of anilines is 1. The molecule has 0 radical (unpaired) electrons. The summed E-state index contributed by atoms with van der Waals surface area (Å²) in [5.74, 6) is 0.445. The van der Waals surface area contributed by atoms with Crippen LogP contribution in [-0.2, 0) is 17.6 Å². The highest BCUT2D eigenvalue weighted by atomic mass is 16.1. The number of rotatable bonds is 7. The highest BCUT2D eigenvalue weighted by Gasteiger charge is 2.11. The quantitative estimate of drug-likeness (QED) is 0.650. The summed E-state index contributed by atoms with van der Waals surface area (Å²) in [6, 6.07) is 15.3. The Bertz CT molecular complexity index is 1050. The van der Waals surface area contributed by atoms with Crippen LogP contribution in [0.1, 0.15) is 30.7 Å². The molecule has 6 nitrogen and oxygen atoms in total. The zero-order valence-corrected chi connectivity index (χ0v) is 16.5. The summed E-state index contributed by atoms with van der Waals surface area (Å²) in [5, 5.41) is 3.52. The van der Waals surface area contributed by atoms with Gasteiger partial charge < -0.3 is 15.2 Å². The van der Waals surface area contributed by atoms with E-state index in [0.717, 1.165) is 18.7 Å². The van der Waals surface area contributed by atoms with E-state index < -0.39 is 0 Å². The highest BCUT2D eigenvalue weighted by molar-refractivity contribution is 5.90. The fourth-order valence-corrected chi connectivity index (χ4v) is 3.81. The molecule has 0 spiro atoms. The number of hydrogen-bond acceptors (Lipinski definition) is 4. The molecule has 6 heteroatoms. The monoisotopic (exact) mass is 390 g/mol. The number of carbonyl (C=O) groups excluding carboxylic acids is 1. The molecular formula is C23H26N4O2. The molecule has 1 aliphatic rings. The second-order valence-corrected chi connectivity index (χ2v) is 7.58. The van der Waals surface area contributed by atoms with E-state index >= 15 is 0 Å². The Hall–Kier alpha value is -2.99. The van der Waals surface area contributed by atoms with E-state index in [4.69, 9.17) is 0 Å². The minimum Gasteiger partial charge on any atom is -0.326 e. The summed E-state index contributed by atoms with van der Waals surface area (Å²) in [4.78, 5) is 34.2. The van der Waals surface area contributed by atoms with Gasteiger partial charge in [-0.05, 0) is 62.2 Å². The van der Waals surface area contributed by atoms with Crippen LogP contribution in [0.2, 0.25) is 0 Å². The lowest BCUT2D eigenvalue weighted by molar-refractivity contribution is -0.116. The molecule has 1 aromatic heterocycles. The maximum absolute atomic E-state index is 12.4. The van der Waals surface area contributed by atoms with Crippen LogP contribution in [0.5, 0.6) is 0 Å². The normalized spacial score (nSPS) is 14.3. The number of fused-ring (bicyclic) bond motifs is 1. The minimum atomic E-state index is -0.170. The zero-order valence-electron chi connectivity index (χ0n) is 16.5. The van der Waals surface area contributed by atoms with Gasteiger partial charge in [0.2, 0.25) is 5.91 Å². The van der Waals surface area contributed by atoms with Crippen LogP contribution in [0, 0.1) is 0 Å². The fourth-order valence-electron chi connectivity index (χ4n) is 3.81. The van der Waals surface area contributed by atoms with Gasteiger partial charge in [-0.25, -0.2) is 4.98 Å². The van der Waals surface area contributed by atoms with Gasteiger partial charge in [0, 0.05) is 25.1 Å². The number of aromatic amines is 1. The van der Waals surface area contributed by atoms with Crippen molar-refractivity contribution in [2.24, 2.45) is 0 Å². The van der Waals surface area contributed by atoms with Gasteiger partial charge in [-0.2, -0.15) is 0 Å². The predicted molar refractivity (Wildman–Crippen MR) is 115 cm³/mol. The first-order chi connectivity index (χ1) is 14.2. The number of likely N-dealkylation sites (tertiary alicyclic amines) is 1. The van der Waals surface area contributed by atoms with Crippen molar-refractivity contribution >= 4 is 22.5 Å². The molecule has 1 fully saturated rings. The van der Waals surface area contributed by atoms with Gasteiger partial charge in [0.1, 0.15) is 5.82 Å². The lowest BCUT2D eigenvalue weighted by Gasteiger charge is -2.14. The van der Waals surface area contributed by atoms with E-state index in [1.54, 1.807) is 6.07 Å². The topological polar surface area (TPSA) is 78.1 Å². The maximum Gasteiger partial charge on any atom is 0.258 e. The largest absolute Gasteiger partial charge is 0.326 e. The molecule has 2 heterocycles. The smallest absolute Gasteiger partial charge is 0.258 e. The van der Waals surface area contributed by atoms with Gasteiger partial charge in [0.15, 0.2) is 0 Å². The van der Waals surface area contributed by atoms with Crippen LogP contribution in [-0.4, -0.2) is 40.4 Å². The average molecular weight is 390 g/mol. The van der Waals surface area contributed by atoms with Crippen molar-refractivity contribution in [1.29, 1.82) is 0 Å². The van der Waals surface area contributed by atoms with E-state index in [0.29, 0.717) is 23.1 Å². The van der Waals surface area contributed by atoms with Crippen molar-refractivity contribution in [3.63, 3.8) is 0 Å². The summed E-state index contributed by atoms with van der Waals surface area (Å²) < 4.78 is 0. The molecule has 1 saturated heterocycles. The zero-order chi connectivity index (χ0) is 20.1. The molecule has 0 aliphatic carbocycles. The van der Waals surface area contributed by atoms with Crippen LogP contribution >= 0.6 is 0 Å². The van der Waals surface area contributed by atoms with Gasteiger partial charge in [-0.1, -0.05) is 24.3 Å². The summed E-state index contributed by atoms with van der Waals surface area (Å²) in [5.41, 5.74) is 2.53. The Kier molecular flexibility index (Phi) is 6.00. The second-order valence-electron chi connectivity index (χ2n) is 7.58. The maximum atomic E-state index is 12.4. The van der Waals surface area contributed by atoms with Gasteiger partial charge in [0.25, 0.3) is 5.56 Å². The van der Waals surface area contributed by atoms with Gasteiger partial charge in [0.05, 0.1) is 10.9 Å². The number of nitrogens with zero attached hydrogens (tertiary/aromatic N) is 2.